The molecule has 0 unspecified atom stereocenters. The molecule has 0 aliphatic carbocycles. The van der Waals surface area contributed by atoms with Gasteiger partial charge < -0.3 is 9.73 Å². The Balaban J connectivity index is 2.59. The molecule has 1 N–H and O–H groups in total. The lowest BCUT2D eigenvalue weighted by Gasteiger charge is -2.06. The summed E-state index contributed by atoms with van der Waals surface area (Å²) < 4.78 is 43.2. The van der Waals surface area contributed by atoms with Crippen LogP contribution >= 0.6 is 0 Å². The summed E-state index contributed by atoms with van der Waals surface area (Å²) >= 11 is 0. The summed E-state index contributed by atoms with van der Waals surface area (Å²) in [6.07, 6.45) is -4.35. The van der Waals surface area contributed by atoms with Crippen LogP contribution in [0.5, 0.6) is 0 Å². The average molecular weight is 229 g/mol. The monoisotopic (exact) mass is 229 g/mol. The fourth-order valence-electron chi connectivity index (χ4n) is 1.62. The summed E-state index contributed by atoms with van der Waals surface area (Å²) in [6.45, 7) is 0.409. The first-order valence-corrected chi connectivity index (χ1v) is 4.75. The van der Waals surface area contributed by atoms with E-state index in [4.69, 9.17) is 4.42 Å². The van der Waals surface area contributed by atoms with Crippen LogP contribution in [-0.4, -0.2) is 7.05 Å². The van der Waals surface area contributed by atoms with E-state index in [1.54, 1.807) is 7.05 Å². The first-order chi connectivity index (χ1) is 7.52. The zero-order valence-corrected chi connectivity index (χ0v) is 8.56. The van der Waals surface area contributed by atoms with Gasteiger partial charge in [-0.2, -0.15) is 13.2 Å². The van der Waals surface area contributed by atoms with Gasteiger partial charge in [0.15, 0.2) is 0 Å². The molecule has 2 aromatic rings. The van der Waals surface area contributed by atoms with Crippen molar-refractivity contribution < 1.29 is 17.6 Å². The van der Waals surface area contributed by atoms with Crippen LogP contribution in [0.4, 0.5) is 13.2 Å². The van der Waals surface area contributed by atoms with E-state index < -0.39 is 11.7 Å². The van der Waals surface area contributed by atoms with Crippen molar-refractivity contribution >= 4 is 11.0 Å². The molecule has 1 heterocycles. The van der Waals surface area contributed by atoms with Gasteiger partial charge in [-0.15, -0.1) is 0 Å². The van der Waals surface area contributed by atoms with Gasteiger partial charge in [0.25, 0.3) is 0 Å². The highest BCUT2D eigenvalue weighted by atomic mass is 19.4. The topological polar surface area (TPSA) is 25.2 Å². The van der Waals surface area contributed by atoms with Crippen molar-refractivity contribution in [3.63, 3.8) is 0 Å². The Kier molecular flexibility index (Phi) is 2.63. The lowest BCUT2D eigenvalue weighted by atomic mass is 10.1. The van der Waals surface area contributed by atoms with E-state index >= 15 is 0 Å². The molecule has 0 amide bonds. The molecule has 1 aromatic carbocycles. The Labute approximate surface area is 90.0 Å². The molecule has 0 saturated carbocycles. The van der Waals surface area contributed by atoms with E-state index in [9.17, 15) is 13.2 Å². The predicted octanol–water partition coefficient (Wildman–Crippen LogP) is 3.17. The number of hydrogen-bond donors (Lipinski definition) is 1. The van der Waals surface area contributed by atoms with Crippen LogP contribution < -0.4 is 5.32 Å². The van der Waals surface area contributed by atoms with E-state index in [2.05, 4.69) is 5.32 Å². The maximum atomic E-state index is 12.7. The third-order valence-corrected chi connectivity index (χ3v) is 2.27. The Morgan fingerprint density at radius 3 is 2.69 bits per heavy atom. The third kappa shape index (κ3) is 1.90. The number of furan rings is 1. The van der Waals surface area contributed by atoms with Crippen molar-refractivity contribution in [3.05, 3.63) is 35.6 Å². The highest BCUT2D eigenvalue weighted by Crippen LogP contribution is 2.35. The lowest BCUT2D eigenvalue weighted by molar-refractivity contribution is -0.136. The normalized spacial score (nSPS) is 12.2. The molecule has 5 heteroatoms. The molecule has 2 nitrogen and oxygen atoms in total. The van der Waals surface area contributed by atoms with Gasteiger partial charge >= 0.3 is 6.18 Å². The minimum absolute atomic E-state index is 0.111. The molecule has 0 aliphatic heterocycles. The molecule has 0 atom stereocenters. The Morgan fingerprint density at radius 1 is 1.31 bits per heavy atom. The first-order valence-electron chi connectivity index (χ1n) is 4.75. The fourth-order valence-corrected chi connectivity index (χ4v) is 1.62. The largest absolute Gasteiger partial charge is 0.460 e. The summed E-state index contributed by atoms with van der Waals surface area (Å²) in [5.74, 6) is 0.495. The Bertz CT molecular complexity index is 501. The van der Waals surface area contributed by atoms with Gasteiger partial charge in [0.2, 0.25) is 0 Å². The predicted molar refractivity (Wildman–Crippen MR) is 54.0 cm³/mol. The van der Waals surface area contributed by atoms with Crippen molar-refractivity contribution in [1.29, 1.82) is 0 Å². The lowest BCUT2D eigenvalue weighted by Crippen LogP contribution is -2.05. The minimum atomic E-state index is -4.35. The smallest absolute Gasteiger partial charge is 0.417 e. The van der Waals surface area contributed by atoms with E-state index in [1.807, 2.05) is 0 Å². The molecule has 0 bridgehead atoms. The standard InChI is InChI=1S/C11H10F3NO/c1-15-6-7-5-8-9(11(12,13)14)3-2-4-10(8)16-7/h2-5,15H,6H2,1H3. The minimum Gasteiger partial charge on any atom is -0.460 e. The molecular formula is C11H10F3NO. The van der Waals surface area contributed by atoms with Crippen molar-refractivity contribution in [3.8, 4) is 0 Å². The van der Waals surface area contributed by atoms with Gasteiger partial charge in [-0.05, 0) is 25.2 Å². The fraction of sp³-hybridized carbons (Fsp3) is 0.273. The van der Waals surface area contributed by atoms with Crippen molar-refractivity contribution in [1.82, 2.24) is 5.32 Å². The van der Waals surface area contributed by atoms with Gasteiger partial charge in [0, 0.05) is 5.39 Å². The number of fused-ring (bicyclic) bond motifs is 1. The second-order valence-electron chi connectivity index (χ2n) is 3.46. The molecule has 2 rings (SSSR count). The second kappa shape index (κ2) is 3.83. The van der Waals surface area contributed by atoms with Crippen LogP contribution in [0.15, 0.2) is 28.7 Å². The SMILES string of the molecule is CNCc1cc2c(C(F)(F)F)cccc2o1. The molecule has 0 radical (unpaired) electrons. The summed E-state index contributed by atoms with van der Waals surface area (Å²) in [5, 5.41) is 2.94. The Hall–Kier alpha value is -1.49. The van der Waals surface area contributed by atoms with Gasteiger partial charge in [-0.25, -0.2) is 0 Å². The van der Waals surface area contributed by atoms with Crippen LogP contribution in [-0.2, 0) is 12.7 Å². The van der Waals surface area contributed by atoms with E-state index in [0.717, 1.165) is 6.07 Å². The van der Waals surface area contributed by atoms with Crippen LogP contribution in [0.3, 0.4) is 0 Å². The quantitative estimate of drug-likeness (QED) is 0.855. The maximum Gasteiger partial charge on any atom is 0.417 e. The highest BCUT2D eigenvalue weighted by molar-refractivity contribution is 5.82. The molecule has 16 heavy (non-hydrogen) atoms. The molecular weight excluding hydrogens is 219 g/mol. The van der Waals surface area contributed by atoms with Gasteiger partial charge in [-0.3, -0.25) is 0 Å². The maximum absolute atomic E-state index is 12.7. The van der Waals surface area contributed by atoms with E-state index in [-0.39, 0.29) is 11.0 Å². The number of alkyl halides is 3. The molecule has 0 saturated heterocycles. The summed E-state index contributed by atoms with van der Waals surface area (Å²) in [6, 6.07) is 5.36. The van der Waals surface area contributed by atoms with Gasteiger partial charge in [0.05, 0.1) is 12.1 Å². The van der Waals surface area contributed by atoms with Crippen molar-refractivity contribution in [2.24, 2.45) is 0 Å². The number of rotatable bonds is 2. The van der Waals surface area contributed by atoms with Crippen molar-refractivity contribution in [2.75, 3.05) is 7.05 Å². The summed E-state index contributed by atoms with van der Waals surface area (Å²) in [5.41, 5.74) is -0.392. The molecule has 0 aliphatic rings. The zero-order chi connectivity index (χ0) is 11.8. The van der Waals surface area contributed by atoms with Crippen LogP contribution in [0.2, 0.25) is 0 Å². The number of benzene rings is 1. The molecule has 0 fully saturated rings. The number of hydrogen-bond acceptors (Lipinski definition) is 2. The summed E-state index contributed by atoms with van der Waals surface area (Å²) in [4.78, 5) is 0. The van der Waals surface area contributed by atoms with E-state index in [1.165, 1.54) is 18.2 Å². The third-order valence-electron chi connectivity index (χ3n) is 2.27. The molecule has 86 valence electrons. The highest BCUT2D eigenvalue weighted by Gasteiger charge is 2.33. The number of nitrogens with one attached hydrogen (secondary N) is 1. The molecule has 0 spiro atoms. The zero-order valence-electron chi connectivity index (χ0n) is 8.56. The van der Waals surface area contributed by atoms with Gasteiger partial charge in [0.1, 0.15) is 11.3 Å². The van der Waals surface area contributed by atoms with Crippen LogP contribution in [0, 0.1) is 0 Å². The summed E-state index contributed by atoms with van der Waals surface area (Å²) in [7, 11) is 1.71. The van der Waals surface area contributed by atoms with Crippen molar-refractivity contribution in [2.45, 2.75) is 12.7 Å². The second-order valence-corrected chi connectivity index (χ2v) is 3.46. The average Bonchev–Trinajstić information content (AvgIpc) is 2.58. The first kappa shape index (κ1) is 11.0. The Morgan fingerprint density at radius 2 is 2.06 bits per heavy atom. The van der Waals surface area contributed by atoms with Crippen LogP contribution in [0.1, 0.15) is 11.3 Å². The number of halogens is 3. The molecule has 1 aromatic heterocycles. The van der Waals surface area contributed by atoms with E-state index in [0.29, 0.717) is 12.3 Å². The van der Waals surface area contributed by atoms with Gasteiger partial charge in [-0.1, -0.05) is 6.07 Å². The van der Waals surface area contributed by atoms with Crippen LogP contribution in [0.25, 0.3) is 11.0 Å².